The number of rotatable bonds is 4. The quantitative estimate of drug-likeness (QED) is 0.907. The molecule has 0 spiro atoms. The maximum absolute atomic E-state index is 11.8. The minimum atomic E-state index is -1.01. The molecule has 1 aromatic carbocycles. The molecule has 3 nitrogen and oxygen atoms in total. The van der Waals surface area contributed by atoms with Crippen LogP contribution in [-0.4, -0.2) is 24.4 Å². The van der Waals surface area contributed by atoms with Crippen LogP contribution in [0.15, 0.2) is 22.7 Å². The van der Waals surface area contributed by atoms with E-state index in [9.17, 15) is 9.18 Å². The van der Waals surface area contributed by atoms with E-state index in [1.807, 2.05) is 0 Å². The molecule has 0 amide bonds. The van der Waals surface area contributed by atoms with Crippen molar-refractivity contribution in [2.75, 3.05) is 13.3 Å². The predicted octanol–water partition coefficient (Wildman–Crippen LogP) is 2.50. The summed E-state index contributed by atoms with van der Waals surface area (Å²) in [6.07, 6.45) is 0. The molecule has 76 valence electrons. The topological polar surface area (TPSA) is 46.5 Å². The highest BCUT2D eigenvalue weighted by molar-refractivity contribution is 9.10. The van der Waals surface area contributed by atoms with Crippen LogP contribution in [-0.2, 0) is 0 Å². The Morgan fingerprint density at radius 2 is 2.29 bits per heavy atom. The Morgan fingerprint density at radius 1 is 1.57 bits per heavy atom. The maximum atomic E-state index is 11.8. The van der Waals surface area contributed by atoms with Gasteiger partial charge in [-0.1, -0.05) is 0 Å². The lowest BCUT2D eigenvalue weighted by atomic mass is 10.2. The van der Waals surface area contributed by atoms with Crippen molar-refractivity contribution in [1.29, 1.82) is 0 Å². The SMILES string of the molecule is O=C(O)c1ccc(OCCF)c(Br)c1. The highest BCUT2D eigenvalue weighted by Crippen LogP contribution is 2.25. The van der Waals surface area contributed by atoms with Gasteiger partial charge in [0.1, 0.15) is 19.0 Å². The number of hydrogen-bond donors (Lipinski definition) is 1. The second kappa shape index (κ2) is 4.95. The van der Waals surface area contributed by atoms with Crippen molar-refractivity contribution in [3.05, 3.63) is 28.2 Å². The van der Waals surface area contributed by atoms with Crippen LogP contribution < -0.4 is 4.74 Å². The first-order valence-corrected chi connectivity index (χ1v) is 4.66. The van der Waals surface area contributed by atoms with E-state index in [0.717, 1.165) is 0 Å². The monoisotopic (exact) mass is 262 g/mol. The van der Waals surface area contributed by atoms with Crippen LogP contribution in [0.4, 0.5) is 4.39 Å². The Morgan fingerprint density at radius 3 is 2.79 bits per heavy atom. The Kier molecular flexibility index (Phi) is 3.88. The zero-order valence-corrected chi connectivity index (χ0v) is 8.75. The average molecular weight is 263 g/mol. The molecule has 0 aliphatic heterocycles. The molecule has 0 radical (unpaired) electrons. The van der Waals surface area contributed by atoms with Gasteiger partial charge in [0.05, 0.1) is 10.0 Å². The zero-order chi connectivity index (χ0) is 10.6. The normalized spacial score (nSPS) is 9.86. The molecule has 1 rings (SSSR count). The van der Waals surface area contributed by atoms with E-state index >= 15 is 0 Å². The van der Waals surface area contributed by atoms with Gasteiger partial charge in [0.25, 0.3) is 0 Å². The summed E-state index contributed by atoms with van der Waals surface area (Å²) in [6, 6.07) is 4.31. The van der Waals surface area contributed by atoms with E-state index in [0.29, 0.717) is 10.2 Å². The molecule has 0 aliphatic rings. The van der Waals surface area contributed by atoms with Crippen molar-refractivity contribution < 1.29 is 19.0 Å². The fraction of sp³-hybridized carbons (Fsp3) is 0.222. The molecule has 0 aromatic heterocycles. The summed E-state index contributed by atoms with van der Waals surface area (Å²) < 4.78 is 17.3. The summed E-state index contributed by atoms with van der Waals surface area (Å²) in [7, 11) is 0. The molecule has 1 N–H and O–H groups in total. The van der Waals surface area contributed by atoms with Gasteiger partial charge in [-0.05, 0) is 34.1 Å². The molecule has 0 saturated heterocycles. The van der Waals surface area contributed by atoms with Crippen molar-refractivity contribution in [3.8, 4) is 5.75 Å². The largest absolute Gasteiger partial charge is 0.490 e. The van der Waals surface area contributed by atoms with Crippen LogP contribution in [0.3, 0.4) is 0 Å². The predicted molar refractivity (Wildman–Crippen MR) is 52.6 cm³/mol. The molecule has 0 saturated carbocycles. The highest BCUT2D eigenvalue weighted by atomic mass is 79.9. The number of carboxylic acids is 1. The Bertz CT molecular complexity index is 341. The van der Waals surface area contributed by atoms with Crippen molar-refractivity contribution in [3.63, 3.8) is 0 Å². The third-order valence-electron chi connectivity index (χ3n) is 1.51. The highest BCUT2D eigenvalue weighted by Gasteiger charge is 2.06. The van der Waals surface area contributed by atoms with E-state index in [2.05, 4.69) is 15.9 Å². The number of halogens is 2. The lowest BCUT2D eigenvalue weighted by Gasteiger charge is -2.06. The third-order valence-corrected chi connectivity index (χ3v) is 2.13. The van der Waals surface area contributed by atoms with Crippen molar-refractivity contribution in [1.82, 2.24) is 0 Å². The molecule has 0 unspecified atom stereocenters. The minimum Gasteiger partial charge on any atom is -0.490 e. The lowest BCUT2D eigenvalue weighted by Crippen LogP contribution is -2.01. The molecule has 0 bridgehead atoms. The Hall–Kier alpha value is -1.10. The first-order valence-electron chi connectivity index (χ1n) is 3.86. The van der Waals surface area contributed by atoms with Gasteiger partial charge >= 0.3 is 5.97 Å². The smallest absolute Gasteiger partial charge is 0.335 e. The van der Waals surface area contributed by atoms with Gasteiger partial charge < -0.3 is 9.84 Å². The fourth-order valence-electron chi connectivity index (χ4n) is 0.899. The number of alkyl halides is 1. The first kappa shape index (κ1) is 11.0. The van der Waals surface area contributed by atoms with Gasteiger partial charge in [-0.2, -0.15) is 0 Å². The number of benzene rings is 1. The fourth-order valence-corrected chi connectivity index (χ4v) is 1.39. The Labute approximate surface area is 88.6 Å². The van der Waals surface area contributed by atoms with Crippen LogP contribution in [0.25, 0.3) is 0 Å². The third kappa shape index (κ3) is 2.70. The molecular formula is C9H8BrFO3. The lowest BCUT2D eigenvalue weighted by molar-refractivity contribution is 0.0696. The molecule has 0 atom stereocenters. The van der Waals surface area contributed by atoms with Crippen LogP contribution >= 0.6 is 15.9 Å². The van der Waals surface area contributed by atoms with E-state index in [1.165, 1.54) is 18.2 Å². The zero-order valence-electron chi connectivity index (χ0n) is 7.17. The van der Waals surface area contributed by atoms with Gasteiger partial charge in [-0.3, -0.25) is 0 Å². The van der Waals surface area contributed by atoms with Crippen LogP contribution in [0.2, 0.25) is 0 Å². The van der Waals surface area contributed by atoms with Gasteiger partial charge in [0.2, 0.25) is 0 Å². The summed E-state index contributed by atoms with van der Waals surface area (Å²) in [5.74, 6) is -0.574. The van der Waals surface area contributed by atoms with Crippen molar-refractivity contribution in [2.45, 2.75) is 0 Å². The summed E-state index contributed by atoms with van der Waals surface area (Å²) >= 11 is 3.13. The molecule has 0 fully saturated rings. The number of hydrogen-bond acceptors (Lipinski definition) is 2. The standard InChI is InChI=1S/C9H8BrFO3/c10-7-5-6(9(12)13)1-2-8(7)14-4-3-11/h1-2,5H,3-4H2,(H,12,13). The summed E-state index contributed by atoms with van der Waals surface area (Å²) in [6.45, 7) is -0.613. The molecule has 14 heavy (non-hydrogen) atoms. The molecule has 1 aromatic rings. The van der Waals surface area contributed by atoms with Crippen molar-refractivity contribution in [2.24, 2.45) is 0 Å². The van der Waals surface area contributed by atoms with Gasteiger partial charge in [-0.15, -0.1) is 0 Å². The summed E-state index contributed by atoms with van der Waals surface area (Å²) in [4.78, 5) is 10.6. The van der Waals surface area contributed by atoms with E-state index in [4.69, 9.17) is 9.84 Å². The van der Waals surface area contributed by atoms with Gasteiger partial charge in [-0.25, -0.2) is 9.18 Å². The summed E-state index contributed by atoms with van der Waals surface area (Å²) in [5, 5.41) is 8.65. The number of aromatic carboxylic acids is 1. The minimum absolute atomic E-state index is 0.0367. The second-order valence-corrected chi connectivity index (χ2v) is 3.34. The van der Waals surface area contributed by atoms with Gasteiger partial charge in [0, 0.05) is 0 Å². The molecule has 0 heterocycles. The molecule has 0 aliphatic carbocycles. The van der Waals surface area contributed by atoms with Crippen LogP contribution in [0, 0.1) is 0 Å². The maximum Gasteiger partial charge on any atom is 0.335 e. The molecule has 5 heteroatoms. The van der Waals surface area contributed by atoms with Crippen molar-refractivity contribution >= 4 is 21.9 Å². The number of ether oxygens (including phenoxy) is 1. The van der Waals surface area contributed by atoms with E-state index in [-0.39, 0.29) is 12.2 Å². The van der Waals surface area contributed by atoms with E-state index < -0.39 is 12.6 Å². The first-order chi connectivity index (χ1) is 6.65. The summed E-state index contributed by atoms with van der Waals surface area (Å²) in [5.41, 5.74) is 0.157. The average Bonchev–Trinajstić information content (AvgIpc) is 2.15. The van der Waals surface area contributed by atoms with Gasteiger partial charge in [0.15, 0.2) is 0 Å². The van der Waals surface area contributed by atoms with E-state index in [1.54, 1.807) is 0 Å². The van der Waals surface area contributed by atoms with Crippen LogP contribution in [0.1, 0.15) is 10.4 Å². The number of carboxylic acid groups (broad SMARTS) is 1. The van der Waals surface area contributed by atoms with Crippen LogP contribution in [0.5, 0.6) is 5.75 Å². The number of carbonyl (C=O) groups is 1. The Balaban J connectivity index is 2.84. The molecular weight excluding hydrogens is 255 g/mol. The second-order valence-electron chi connectivity index (χ2n) is 2.49.